The van der Waals surface area contributed by atoms with Crippen LogP contribution in [0.1, 0.15) is 68.7 Å². The van der Waals surface area contributed by atoms with Crippen molar-refractivity contribution in [3.63, 3.8) is 0 Å². The van der Waals surface area contributed by atoms with Gasteiger partial charge in [0.1, 0.15) is 5.75 Å². The molecule has 6 heteroatoms. The van der Waals surface area contributed by atoms with Crippen molar-refractivity contribution in [2.45, 2.75) is 52.9 Å². The summed E-state index contributed by atoms with van der Waals surface area (Å²) < 4.78 is 5.63. The molecule has 0 spiro atoms. The first-order chi connectivity index (χ1) is 20.2. The molecule has 6 nitrogen and oxygen atoms in total. The number of anilines is 1. The Bertz CT molecular complexity index is 1430. The SMILES string of the molecule is CC(C)(C)C(=O)Oc1ccc(/C(=C(\CCC(=O)O)c2ccccc2)c2ccc3c(c2)CCN3CCN2CCCC2)cc1. The van der Waals surface area contributed by atoms with Gasteiger partial charge in [-0.15, -0.1) is 0 Å². The average Bonchev–Trinajstić information content (AvgIpc) is 3.64. The normalized spacial score (nSPS) is 15.8. The number of likely N-dealkylation sites (tertiary alicyclic amines) is 1. The van der Waals surface area contributed by atoms with Gasteiger partial charge in [0.15, 0.2) is 0 Å². The summed E-state index contributed by atoms with van der Waals surface area (Å²) in [5.41, 5.74) is 7.05. The van der Waals surface area contributed by atoms with E-state index in [2.05, 4.69) is 28.0 Å². The second kappa shape index (κ2) is 13.0. The molecule has 0 unspecified atom stereocenters. The standard InChI is InChI=1S/C36H42N2O4/c1-36(2,3)35(41)42-30-14-11-27(12-15-30)34(31(16-18-33(39)40)26-9-5-4-6-10-26)29-13-17-32-28(25-29)19-22-38(32)24-23-37-20-7-8-21-37/h4-6,9-15,17,25H,7-8,16,18-24H2,1-3H3,(H,39,40)/b34-31-. The molecule has 0 aromatic heterocycles. The molecule has 5 rings (SSSR count). The Balaban J connectivity index is 1.53. The fourth-order valence-electron chi connectivity index (χ4n) is 5.88. The number of carboxylic acids is 1. The molecular weight excluding hydrogens is 524 g/mol. The summed E-state index contributed by atoms with van der Waals surface area (Å²) in [5, 5.41) is 9.62. The monoisotopic (exact) mass is 566 g/mol. The number of allylic oxidation sites excluding steroid dienone is 1. The second-order valence-electron chi connectivity index (χ2n) is 12.4. The molecule has 2 aliphatic heterocycles. The van der Waals surface area contributed by atoms with Crippen LogP contribution in [0.5, 0.6) is 5.75 Å². The molecule has 1 fully saturated rings. The molecule has 0 atom stereocenters. The van der Waals surface area contributed by atoms with Crippen molar-refractivity contribution in [2.24, 2.45) is 5.41 Å². The van der Waals surface area contributed by atoms with Crippen LogP contribution in [0.15, 0.2) is 72.8 Å². The summed E-state index contributed by atoms with van der Waals surface area (Å²) in [6.45, 7) is 11.1. The van der Waals surface area contributed by atoms with Gasteiger partial charge in [-0.25, -0.2) is 0 Å². The summed E-state index contributed by atoms with van der Waals surface area (Å²) in [4.78, 5) is 29.3. The number of hydrogen-bond donors (Lipinski definition) is 1. The minimum Gasteiger partial charge on any atom is -0.481 e. The van der Waals surface area contributed by atoms with Crippen molar-refractivity contribution in [2.75, 3.05) is 37.6 Å². The van der Waals surface area contributed by atoms with Crippen LogP contribution in [0.4, 0.5) is 5.69 Å². The summed E-state index contributed by atoms with van der Waals surface area (Å²) in [6.07, 6.45) is 4.04. The van der Waals surface area contributed by atoms with Crippen LogP contribution in [0.25, 0.3) is 11.1 Å². The van der Waals surface area contributed by atoms with Crippen LogP contribution in [0.3, 0.4) is 0 Å². The van der Waals surface area contributed by atoms with Crippen molar-refractivity contribution in [3.8, 4) is 5.75 Å². The maximum atomic E-state index is 12.5. The molecule has 0 saturated carbocycles. The molecule has 42 heavy (non-hydrogen) atoms. The highest BCUT2D eigenvalue weighted by Crippen LogP contribution is 2.39. The largest absolute Gasteiger partial charge is 0.481 e. The van der Waals surface area contributed by atoms with Gasteiger partial charge in [-0.1, -0.05) is 48.5 Å². The smallest absolute Gasteiger partial charge is 0.316 e. The number of nitrogens with zero attached hydrogens (tertiary/aromatic N) is 2. The van der Waals surface area contributed by atoms with Crippen LogP contribution < -0.4 is 9.64 Å². The molecule has 3 aromatic rings. The fourth-order valence-corrected chi connectivity index (χ4v) is 5.88. The lowest BCUT2D eigenvalue weighted by atomic mass is 9.86. The van der Waals surface area contributed by atoms with Crippen molar-refractivity contribution in [3.05, 3.63) is 95.1 Å². The molecule has 220 valence electrons. The summed E-state index contributed by atoms with van der Waals surface area (Å²) in [6, 6.07) is 24.3. The number of hydrogen-bond acceptors (Lipinski definition) is 5. The van der Waals surface area contributed by atoms with E-state index in [1.807, 2.05) is 75.4 Å². The highest BCUT2D eigenvalue weighted by molar-refractivity contribution is 5.99. The molecule has 0 aliphatic carbocycles. The maximum Gasteiger partial charge on any atom is 0.316 e. The quantitative estimate of drug-likeness (QED) is 0.163. The minimum atomic E-state index is -0.824. The Hall–Kier alpha value is -3.90. The lowest BCUT2D eigenvalue weighted by molar-refractivity contribution is -0.143. The van der Waals surface area contributed by atoms with E-state index in [4.69, 9.17) is 4.74 Å². The summed E-state index contributed by atoms with van der Waals surface area (Å²) >= 11 is 0. The van der Waals surface area contributed by atoms with E-state index < -0.39 is 11.4 Å². The lowest BCUT2D eigenvalue weighted by Crippen LogP contribution is -2.32. The van der Waals surface area contributed by atoms with Crippen LogP contribution in [0, 0.1) is 5.41 Å². The van der Waals surface area contributed by atoms with Crippen LogP contribution >= 0.6 is 0 Å². The van der Waals surface area contributed by atoms with E-state index >= 15 is 0 Å². The van der Waals surface area contributed by atoms with Gasteiger partial charge in [0.05, 0.1) is 5.41 Å². The maximum absolute atomic E-state index is 12.5. The number of benzene rings is 3. The van der Waals surface area contributed by atoms with E-state index in [9.17, 15) is 14.7 Å². The molecule has 1 N–H and O–H groups in total. The predicted octanol–water partition coefficient (Wildman–Crippen LogP) is 6.92. The first-order valence-electron chi connectivity index (χ1n) is 15.1. The number of ether oxygens (including phenoxy) is 1. The molecule has 3 aromatic carbocycles. The topological polar surface area (TPSA) is 70.1 Å². The van der Waals surface area contributed by atoms with Crippen molar-refractivity contribution in [1.29, 1.82) is 0 Å². The first-order valence-corrected chi connectivity index (χ1v) is 15.1. The van der Waals surface area contributed by atoms with Crippen molar-refractivity contribution < 1.29 is 19.4 Å². The number of rotatable bonds is 10. The first kappa shape index (κ1) is 29.6. The minimum absolute atomic E-state index is 0.0320. The van der Waals surface area contributed by atoms with Crippen molar-refractivity contribution in [1.82, 2.24) is 4.90 Å². The number of carboxylic acid groups (broad SMARTS) is 1. The van der Waals surface area contributed by atoms with Crippen molar-refractivity contribution >= 4 is 28.8 Å². The van der Waals surface area contributed by atoms with Gasteiger partial charge in [-0.2, -0.15) is 0 Å². The molecule has 2 heterocycles. The Labute approximate surface area is 249 Å². The highest BCUT2D eigenvalue weighted by Gasteiger charge is 2.25. The van der Waals surface area contributed by atoms with Gasteiger partial charge in [0, 0.05) is 31.7 Å². The third-order valence-electron chi connectivity index (χ3n) is 8.22. The zero-order chi connectivity index (χ0) is 29.7. The predicted molar refractivity (Wildman–Crippen MR) is 169 cm³/mol. The molecule has 1 saturated heterocycles. The van der Waals surface area contributed by atoms with E-state index in [0.717, 1.165) is 53.9 Å². The fraction of sp³-hybridized carbons (Fsp3) is 0.389. The van der Waals surface area contributed by atoms with Gasteiger partial charge in [0.2, 0.25) is 0 Å². The van der Waals surface area contributed by atoms with Crippen LogP contribution in [0.2, 0.25) is 0 Å². The van der Waals surface area contributed by atoms with E-state index in [1.165, 1.54) is 37.2 Å². The van der Waals surface area contributed by atoms with E-state index in [0.29, 0.717) is 12.2 Å². The van der Waals surface area contributed by atoms with E-state index in [-0.39, 0.29) is 12.4 Å². The van der Waals surface area contributed by atoms with Gasteiger partial charge in [-0.3, -0.25) is 9.59 Å². The number of aliphatic carboxylic acids is 1. The molecule has 0 bridgehead atoms. The molecule has 2 aliphatic rings. The summed E-state index contributed by atoms with van der Waals surface area (Å²) in [5.74, 6) is -0.618. The third kappa shape index (κ3) is 7.11. The second-order valence-corrected chi connectivity index (χ2v) is 12.4. The Morgan fingerprint density at radius 1 is 0.810 bits per heavy atom. The zero-order valence-electron chi connectivity index (χ0n) is 25.1. The summed E-state index contributed by atoms with van der Waals surface area (Å²) in [7, 11) is 0. The Kier molecular flexibility index (Phi) is 9.12. The number of carbonyl (C=O) groups excluding carboxylic acids is 1. The molecular formula is C36H42N2O4. The molecule has 0 amide bonds. The highest BCUT2D eigenvalue weighted by atomic mass is 16.5. The zero-order valence-corrected chi connectivity index (χ0v) is 25.1. The van der Waals surface area contributed by atoms with Crippen LogP contribution in [-0.4, -0.2) is 54.7 Å². The van der Waals surface area contributed by atoms with Gasteiger partial charge >= 0.3 is 11.9 Å². The molecule has 0 radical (unpaired) electrons. The number of fused-ring (bicyclic) bond motifs is 1. The number of carbonyl (C=O) groups is 2. The van der Waals surface area contributed by atoms with E-state index in [1.54, 1.807) is 0 Å². The van der Waals surface area contributed by atoms with Gasteiger partial charge < -0.3 is 19.6 Å². The number of esters is 1. The third-order valence-corrected chi connectivity index (χ3v) is 8.22. The lowest BCUT2D eigenvalue weighted by Gasteiger charge is -2.24. The Morgan fingerprint density at radius 3 is 2.17 bits per heavy atom. The van der Waals surface area contributed by atoms with Gasteiger partial charge in [0.25, 0.3) is 0 Å². The Morgan fingerprint density at radius 2 is 1.50 bits per heavy atom. The van der Waals surface area contributed by atoms with Gasteiger partial charge in [-0.05, 0) is 117 Å². The average molecular weight is 567 g/mol. The van der Waals surface area contributed by atoms with Crippen LogP contribution in [-0.2, 0) is 16.0 Å².